The number of fused-ring (bicyclic) bond motifs is 1. The first-order chi connectivity index (χ1) is 10.7. The van der Waals surface area contributed by atoms with E-state index in [2.05, 4.69) is 5.32 Å². The third-order valence-corrected chi connectivity index (χ3v) is 5.17. The van der Waals surface area contributed by atoms with Gasteiger partial charge in [-0.1, -0.05) is 30.3 Å². The second kappa shape index (κ2) is 6.32. The van der Waals surface area contributed by atoms with Crippen molar-refractivity contribution in [3.05, 3.63) is 51.9 Å². The van der Waals surface area contributed by atoms with Gasteiger partial charge < -0.3 is 11.1 Å². The van der Waals surface area contributed by atoms with Crippen molar-refractivity contribution < 1.29 is 9.59 Å². The molecule has 4 nitrogen and oxygen atoms in total. The largest absolute Gasteiger partial charge is 0.369 e. The predicted molar refractivity (Wildman–Crippen MR) is 88.7 cm³/mol. The van der Waals surface area contributed by atoms with Gasteiger partial charge in [0.25, 0.3) is 5.91 Å². The minimum absolute atomic E-state index is 0.00222. The number of primary amides is 1. The van der Waals surface area contributed by atoms with Crippen molar-refractivity contribution in [1.29, 1.82) is 0 Å². The summed E-state index contributed by atoms with van der Waals surface area (Å²) in [6.45, 7) is 0.170. The van der Waals surface area contributed by atoms with Gasteiger partial charge in [-0.25, -0.2) is 0 Å². The Morgan fingerprint density at radius 2 is 1.86 bits per heavy atom. The molecule has 1 aromatic heterocycles. The van der Waals surface area contributed by atoms with E-state index in [1.165, 1.54) is 4.88 Å². The molecule has 1 aliphatic rings. The molecule has 3 rings (SSSR count). The average molecular weight is 314 g/mol. The lowest BCUT2D eigenvalue weighted by atomic mass is 9.95. The Hall–Kier alpha value is -2.14. The monoisotopic (exact) mass is 314 g/mol. The average Bonchev–Trinajstić information content (AvgIpc) is 2.92. The molecule has 1 heterocycles. The van der Waals surface area contributed by atoms with E-state index in [-0.39, 0.29) is 12.3 Å². The van der Waals surface area contributed by atoms with E-state index < -0.39 is 5.91 Å². The summed E-state index contributed by atoms with van der Waals surface area (Å²) in [6, 6.07) is 9.14. The minimum atomic E-state index is -0.408. The van der Waals surface area contributed by atoms with Gasteiger partial charge in [0.15, 0.2) is 5.78 Å². The van der Waals surface area contributed by atoms with Gasteiger partial charge >= 0.3 is 0 Å². The number of carbonyl (C=O) groups excluding carboxylic acids is 2. The van der Waals surface area contributed by atoms with Crippen LogP contribution in [0.5, 0.6) is 0 Å². The molecule has 0 spiro atoms. The maximum Gasteiger partial charge on any atom is 0.251 e. The maximum atomic E-state index is 12.2. The van der Waals surface area contributed by atoms with Crippen molar-refractivity contribution in [3.63, 3.8) is 0 Å². The summed E-state index contributed by atoms with van der Waals surface area (Å²) < 4.78 is 0. The summed E-state index contributed by atoms with van der Waals surface area (Å²) in [4.78, 5) is 25.2. The predicted octanol–water partition coefficient (Wildman–Crippen LogP) is 3.02. The molecule has 0 bridgehead atoms. The van der Waals surface area contributed by atoms with Crippen LogP contribution in [-0.4, -0.2) is 18.2 Å². The quantitative estimate of drug-likeness (QED) is 0.833. The molecule has 3 N–H and O–H groups in total. The molecule has 2 aromatic rings. The molecule has 22 heavy (non-hydrogen) atoms. The third-order valence-electron chi connectivity index (χ3n) is 3.92. The molecule has 5 heteroatoms. The van der Waals surface area contributed by atoms with E-state index in [4.69, 9.17) is 5.73 Å². The third kappa shape index (κ3) is 2.90. The number of thiophene rings is 1. The van der Waals surface area contributed by atoms with Crippen LogP contribution < -0.4 is 11.1 Å². The number of hydrogen-bond donors (Lipinski definition) is 2. The Labute approximate surface area is 133 Å². The van der Waals surface area contributed by atoms with Gasteiger partial charge in [-0.3, -0.25) is 9.59 Å². The number of hydrogen-bond acceptors (Lipinski definition) is 4. The topological polar surface area (TPSA) is 72.2 Å². The highest BCUT2D eigenvalue weighted by atomic mass is 32.1. The van der Waals surface area contributed by atoms with Crippen LogP contribution >= 0.6 is 11.3 Å². The molecule has 0 aliphatic heterocycles. The standard InChI is InChI=1S/C17H18N2O2S/c18-16(21)15-12-8-4-5-9-14(12)22-17(15)19-10-13(20)11-6-2-1-3-7-11/h1-3,6-7,19H,4-5,8-10H2,(H2,18,21). The van der Waals surface area contributed by atoms with Gasteiger partial charge in [-0.05, 0) is 31.2 Å². The molecular weight excluding hydrogens is 296 g/mol. The van der Waals surface area contributed by atoms with E-state index in [9.17, 15) is 9.59 Å². The fraction of sp³-hybridized carbons (Fsp3) is 0.294. The molecule has 0 atom stereocenters. The van der Waals surface area contributed by atoms with Crippen LogP contribution in [0.3, 0.4) is 0 Å². The summed E-state index contributed by atoms with van der Waals surface area (Å²) in [5, 5.41) is 3.86. The van der Waals surface area contributed by atoms with E-state index in [0.29, 0.717) is 11.1 Å². The Balaban J connectivity index is 1.79. The van der Waals surface area contributed by atoms with Crippen molar-refractivity contribution in [1.82, 2.24) is 0 Å². The van der Waals surface area contributed by atoms with Crippen LogP contribution in [0.1, 0.15) is 44.0 Å². The first kappa shape index (κ1) is 14.8. The summed E-state index contributed by atoms with van der Waals surface area (Å²) in [5.74, 6) is -0.406. The van der Waals surface area contributed by atoms with Crippen molar-refractivity contribution in [2.75, 3.05) is 11.9 Å². The fourth-order valence-electron chi connectivity index (χ4n) is 2.84. The van der Waals surface area contributed by atoms with Gasteiger partial charge in [-0.2, -0.15) is 0 Å². The molecular formula is C17H18N2O2S. The highest BCUT2D eigenvalue weighted by molar-refractivity contribution is 7.16. The van der Waals surface area contributed by atoms with Gasteiger partial charge in [0.05, 0.1) is 12.1 Å². The number of aryl methyl sites for hydroxylation is 1. The molecule has 0 saturated heterocycles. The highest BCUT2D eigenvalue weighted by Gasteiger charge is 2.24. The van der Waals surface area contributed by atoms with E-state index in [1.807, 2.05) is 18.2 Å². The van der Waals surface area contributed by atoms with Crippen molar-refractivity contribution in [2.24, 2.45) is 5.73 Å². The van der Waals surface area contributed by atoms with Crippen LogP contribution in [0.25, 0.3) is 0 Å². The Kier molecular flexibility index (Phi) is 4.24. The maximum absolute atomic E-state index is 12.2. The zero-order valence-electron chi connectivity index (χ0n) is 12.2. The lowest BCUT2D eigenvalue weighted by Gasteiger charge is -2.11. The molecule has 1 aliphatic carbocycles. The van der Waals surface area contributed by atoms with Gasteiger partial charge in [0.2, 0.25) is 0 Å². The Morgan fingerprint density at radius 1 is 1.14 bits per heavy atom. The first-order valence-electron chi connectivity index (χ1n) is 7.43. The normalized spacial score (nSPS) is 13.5. The number of nitrogens with one attached hydrogen (secondary N) is 1. The second-order valence-electron chi connectivity index (χ2n) is 5.42. The fourth-order valence-corrected chi connectivity index (χ4v) is 4.13. The van der Waals surface area contributed by atoms with Crippen LogP contribution in [0.2, 0.25) is 0 Å². The number of carbonyl (C=O) groups is 2. The number of rotatable bonds is 5. The van der Waals surface area contributed by atoms with Gasteiger partial charge in [-0.15, -0.1) is 11.3 Å². The van der Waals surface area contributed by atoms with Crippen LogP contribution in [0.15, 0.2) is 30.3 Å². The zero-order valence-corrected chi connectivity index (χ0v) is 13.0. The molecule has 0 fully saturated rings. The summed E-state index contributed by atoms with van der Waals surface area (Å²) in [5.41, 5.74) is 7.87. The molecule has 114 valence electrons. The van der Waals surface area contributed by atoms with Crippen LogP contribution in [0.4, 0.5) is 5.00 Å². The lowest BCUT2D eigenvalue weighted by molar-refractivity contribution is 0.0991. The number of amides is 1. The second-order valence-corrected chi connectivity index (χ2v) is 6.53. The minimum Gasteiger partial charge on any atom is -0.369 e. The van der Waals surface area contributed by atoms with Gasteiger partial charge in [0, 0.05) is 10.4 Å². The van der Waals surface area contributed by atoms with E-state index in [1.54, 1.807) is 23.5 Å². The molecule has 0 unspecified atom stereocenters. The summed E-state index contributed by atoms with van der Waals surface area (Å²) in [6.07, 6.45) is 4.13. The molecule has 1 amide bonds. The smallest absolute Gasteiger partial charge is 0.251 e. The lowest BCUT2D eigenvalue weighted by Crippen LogP contribution is -2.18. The molecule has 1 aromatic carbocycles. The molecule has 0 saturated carbocycles. The number of nitrogens with two attached hydrogens (primary N) is 1. The highest BCUT2D eigenvalue weighted by Crippen LogP contribution is 2.37. The number of ketones is 1. The number of Topliss-reactive ketones (excluding diaryl/α,β-unsaturated/α-hetero) is 1. The van der Waals surface area contributed by atoms with Crippen molar-refractivity contribution in [2.45, 2.75) is 25.7 Å². The number of anilines is 1. The SMILES string of the molecule is NC(=O)c1c(NCC(=O)c2ccccc2)sc2c1CCCC2. The van der Waals surface area contributed by atoms with Crippen LogP contribution in [0, 0.1) is 0 Å². The molecule has 0 radical (unpaired) electrons. The zero-order chi connectivity index (χ0) is 15.5. The van der Waals surface area contributed by atoms with E-state index in [0.717, 1.165) is 36.2 Å². The van der Waals surface area contributed by atoms with E-state index >= 15 is 0 Å². The van der Waals surface area contributed by atoms with Crippen molar-refractivity contribution >= 4 is 28.0 Å². The first-order valence-corrected chi connectivity index (χ1v) is 8.25. The van der Waals surface area contributed by atoms with Crippen LogP contribution in [-0.2, 0) is 12.8 Å². The Bertz CT molecular complexity index is 707. The summed E-state index contributed by atoms with van der Waals surface area (Å²) in [7, 11) is 0. The van der Waals surface area contributed by atoms with Gasteiger partial charge in [0.1, 0.15) is 5.00 Å². The summed E-state index contributed by atoms with van der Waals surface area (Å²) >= 11 is 1.56. The number of benzene rings is 1. The Morgan fingerprint density at radius 3 is 2.59 bits per heavy atom. The van der Waals surface area contributed by atoms with Crippen molar-refractivity contribution in [3.8, 4) is 0 Å².